The van der Waals surface area contributed by atoms with Crippen LogP contribution >= 0.6 is 7.14 Å². The average Bonchev–Trinajstić information content (AvgIpc) is 2.86. The molecule has 0 saturated heterocycles. The molecule has 0 N–H and O–H groups in total. The summed E-state index contributed by atoms with van der Waals surface area (Å²) in [7, 11) is 0.662. The number of methoxy groups -OCH3 is 1. The van der Waals surface area contributed by atoms with E-state index in [2.05, 4.69) is 36.2 Å². The lowest BCUT2D eigenvalue weighted by Crippen LogP contribution is -2.32. The molecule has 0 radical (unpaired) electrons. The summed E-state index contributed by atoms with van der Waals surface area (Å²) in [4.78, 5) is 2.21. The van der Waals surface area contributed by atoms with Crippen LogP contribution in [0.25, 0.3) is 0 Å². The van der Waals surface area contributed by atoms with Crippen LogP contribution in [0.5, 0.6) is 5.75 Å². The van der Waals surface area contributed by atoms with Gasteiger partial charge in [0, 0.05) is 17.2 Å². The van der Waals surface area contributed by atoms with Crippen molar-refractivity contribution in [1.29, 1.82) is 0 Å². The third kappa shape index (κ3) is 4.55. The maximum absolute atomic E-state index is 15.2. The molecular weight excluding hydrogens is 413 g/mol. The Balaban J connectivity index is 1.84. The molecule has 0 heterocycles. The minimum Gasteiger partial charge on any atom is -0.497 e. The SMILES string of the molecule is COc1ccc(CN(C)C(c2ccccc2)P(=O)(c2ccccc2)c2ccccc2)cc1. The highest BCUT2D eigenvalue weighted by atomic mass is 31.2. The molecule has 4 rings (SSSR count). The number of hydrogen-bond donors (Lipinski definition) is 0. The molecule has 162 valence electrons. The van der Waals surface area contributed by atoms with Crippen LogP contribution in [0.15, 0.2) is 115 Å². The standard InChI is InChI=1S/C28H28NO2P/c1-29(22-23-18-20-25(31-2)21-19-23)28(24-12-6-3-7-13-24)32(30,26-14-8-4-9-15-26)27-16-10-5-11-17-27/h3-21,28H,22H2,1-2H3. The zero-order chi connectivity index (χ0) is 22.4. The fraction of sp³-hybridized carbons (Fsp3) is 0.143. The zero-order valence-electron chi connectivity index (χ0n) is 18.5. The summed E-state index contributed by atoms with van der Waals surface area (Å²) in [5.41, 5.74) is 2.18. The Morgan fingerprint density at radius 2 is 1.19 bits per heavy atom. The number of benzene rings is 4. The molecule has 4 heteroatoms. The predicted octanol–water partition coefficient (Wildman–Crippen LogP) is 5.84. The number of hydrogen-bond acceptors (Lipinski definition) is 3. The highest BCUT2D eigenvalue weighted by Crippen LogP contribution is 2.58. The normalized spacial score (nSPS) is 12.5. The van der Waals surface area contributed by atoms with Crippen LogP contribution in [0.3, 0.4) is 0 Å². The summed E-state index contributed by atoms with van der Waals surface area (Å²) < 4.78 is 20.5. The Bertz CT molecular complexity index is 1120. The first kappa shape index (κ1) is 22.1. The second-order valence-corrected chi connectivity index (χ2v) is 10.7. The van der Waals surface area contributed by atoms with E-state index < -0.39 is 7.14 Å². The molecule has 0 aliphatic carbocycles. The van der Waals surface area contributed by atoms with Crippen LogP contribution in [0, 0.1) is 0 Å². The highest BCUT2D eigenvalue weighted by molar-refractivity contribution is 7.78. The highest BCUT2D eigenvalue weighted by Gasteiger charge is 2.40. The first-order valence-electron chi connectivity index (χ1n) is 10.7. The van der Waals surface area contributed by atoms with E-state index in [4.69, 9.17) is 4.74 Å². The van der Waals surface area contributed by atoms with Crippen LogP contribution in [0.2, 0.25) is 0 Å². The molecule has 0 fully saturated rings. The molecular formula is C28H28NO2P. The molecule has 3 nitrogen and oxygen atoms in total. The largest absolute Gasteiger partial charge is 0.497 e. The molecule has 4 aromatic rings. The van der Waals surface area contributed by atoms with E-state index in [-0.39, 0.29) is 5.78 Å². The first-order chi connectivity index (χ1) is 15.6. The maximum Gasteiger partial charge on any atom is 0.163 e. The third-order valence-electron chi connectivity index (χ3n) is 5.73. The van der Waals surface area contributed by atoms with E-state index in [0.717, 1.165) is 27.5 Å². The van der Waals surface area contributed by atoms with Gasteiger partial charge in [-0.1, -0.05) is 103 Å². The molecule has 32 heavy (non-hydrogen) atoms. The van der Waals surface area contributed by atoms with Gasteiger partial charge in [-0.05, 0) is 30.3 Å². The molecule has 0 saturated carbocycles. The van der Waals surface area contributed by atoms with Crippen molar-refractivity contribution in [2.75, 3.05) is 14.2 Å². The van der Waals surface area contributed by atoms with Crippen LogP contribution in [-0.4, -0.2) is 19.1 Å². The fourth-order valence-electron chi connectivity index (χ4n) is 4.20. The minimum atomic E-state index is -3.06. The lowest BCUT2D eigenvalue weighted by molar-refractivity contribution is 0.299. The van der Waals surface area contributed by atoms with Crippen LogP contribution in [-0.2, 0) is 11.1 Å². The Morgan fingerprint density at radius 1 is 0.719 bits per heavy atom. The first-order valence-corrected chi connectivity index (χ1v) is 12.5. The summed E-state index contributed by atoms with van der Waals surface area (Å²) in [6.45, 7) is 0.660. The van der Waals surface area contributed by atoms with Gasteiger partial charge in [0.1, 0.15) is 5.75 Å². The van der Waals surface area contributed by atoms with E-state index in [1.807, 2.05) is 91.0 Å². The van der Waals surface area contributed by atoms with E-state index in [1.165, 1.54) is 0 Å². The summed E-state index contributed by atoms with van der Waals surface area (Å²) in [6.07, 6.45) is 0. The van der Waals surface area contributed by atoms with Crippen LogP contribution in [0.1, 0.15) is 16.9 Å². The van der Waals surface area contributed by atoms with Gasteiger partial charge in [0.2, 0.25) is 0 Å². The van der Waals surface area contributed by atoms with Gasteiger partial charge in [-0.25, -0.2) is 0 Å². The number of ether oxygens (including phenoxy) is 1. The Labute approximate surface area is 190 Å². The van der Waals surface area contributed by atoms with Crippen molar-refractivity contribution in [1.82, 2.24) is 4.90 Å². The molecule has 4 aromatic carbocycles. The third-order valence-corrected chi connectivity index (χ3v) is 9.24. The second-order valence-electron chi connectivity index (χ2n) is 7.88. The van der Waals surface area contributed by atoms with Crippen molar-refractivity contribution in [3.8, 4) is 5.75 Å². The van der Waals surface area contributed by atoms with Gasteiger partial charge in [-0.3, -0.25) is 4.90 Å². The topological polar surface area (TPSA) is 29.5 Å². The summed E-state index contributed by atoms with van der Waals surface area (Å²) >= 11 is 0. The van der Waals surface area contributed by atoms with Crippen molar-refractivity contribution >= 4 is 17.8 Å². The average molecular weight is 442 g/mol. The minimum absolute atomic E-state index is 0.310. The van der Waals surface area contributed by atoms with E-state index >= 15 is 4.57 Å². The van der Waals surface area contributed by atoms with Gasteiger partial charge < -0.3 is 9.30 Å². The molecule has 0 aromatic heterocycles. The summed E-state index contributed by atoms with van der Waals surface area (Å²) in [6, 6.07) is 38.0. The summed E-state index contributed by atoms with van der Waals surface area (Å²) in [5.74, 6) is 0.519. The molecule has 0 aliphatic rings. The molecule has 0 aliphatic heterocycles. The lowest BCUT2D eigenvalue weighted by Gasteiger charge is -2.36. The molecule has 0 spiro atoms. The van der Waals surface area contributed by atoms with E-state index in [0.29, 0.717) is 6.54 Å². The molecule has 0 bridgehead atoms. The van der Waals surface area contributed by atoms with Crippen molar-refractivity contribution < 1.29 is 9.30 Å². The van der Waals surface area contributed by atoms with E-state index in [9.17, 15) is 0 Å². The Morgan fingerprint density at radius 3 is 1.66 bits per heavy atom. The maximum atomic E-state index is 15.2. The van der Waals surface area contributed by atoms with Gasteiger partial charge in [0.15, 0.2) is 7.14 Å². The quantitative estimate of drug-likeness (QED) is 0.322. The number of rotatable bonds is 8. The zero-order valence-corrected chi connectivity index (χ0v) is 19.4. The van der Waals surface area contributed by atoms with Crippen molar-refractivity contribution in [3.05, 3.63) is 126 Å². The Kier molecular flexibility index (Phi) is 6.90. The van der Waals surface area contributed by atoms with Crippen molar-refractivity contribution in [2.24, 2.45) is 0 Å². The monoisotopic (exact) mass is 441 g/mol. The van der Waals surface area contributed by atoms with Crippen molar-refractivity contribution in [2.45, 2.75) is 12.3 Å². The summed E-state index contributed by atoms with van der Waals surface area (Å²) in [5, 5.41) is 1.73. The van der Waals surface area contributed by atoms with Crippen LogP contribution < -0.4 is 15.3 Å². The smallest absolute Gasteiger partial charge is 0.163 e. The fourth-order valence-corrected chi connectivity index (χ4v) is 7.52. The molecule has 1 unspecified atom stereocenters. The van der Waals surface area contributed by atoms with Gasteiger partial charge in [-0.2, -0.15) is 0 Å². The van der Waals surface area contributed by atoms with Gasteiger partial charge >= 0.3 is 0 Å². The lowest BCUT2D eigenvalue weighted by atomic mass is 10.1. The van der Waals surface area contributed by atoms with Gasteiger partial charge in [0.05, 0.1) is 12.9 Å². The number of nitrogens with zero attached hydrogens (tertiary/aromatic N) is 1. The van der Waals surface area contributed by atoms with Gasteiger partial charge in [0.25, 0.3) is 0 Å². The van der Waals surface area contributed by atoms with Crippen LogP contribution in [0.4, 0.5) is 0 Å². The van der Waals surface area contributed by atoms with E-state index in [1.54, 1.807) is 7.11 Å². The van der Waals surface area contributed by atoms with Gasteiger partial charge in [-0.15, -0.1) is 0 Å². The van der Waals surface area contributed by atoms with Crippen molar-refractivity contribution in [3.63, 3.8) is 0 Å². The Hall–Kier alpha value is -3.13. The second kappa shape index (κ2) is 9.99. The molecule has 1 atom stereocenters. The molecule has 0 amide bonds. The predicted molar refractivity (Wildman–Crippen MR) is 133 cm³/mol.